The van der Waals surface area contributed by atoms with Gasteiger partial charge in [-0.2, -0.15) is 0 Å². The number of aromatic amines is 1. The molecule has 0 aromatic carbocycles. The van der Waals surface area contributed by atoms with Crippen molar-refractivity contribution in [3.05, 3.63) is 34.2 Å². The number of cyclic esters (lactones) is 1. The molecule has 1 unspecified atom stereocenters. The molecule has 1 atom stereocenters. The maximum Gasteiger partial charge on any atom is 0.347 e. The van der Waals surface area contributed by atoms with Gasteiger partial charge >= 0.3 is 11.9 Å². The van der Waals surface area contributed by atoms with E-state index in [4.69, 9.17) is 4.74 Å². The molecule has 0 bridgehead atoms. The van der Waals surface area contributed by atoms with E-state index < -0.39 is 23.6 Å². The third-order valence-electron chi connectivity index (χ3n) is 2.17. The molecule has 0 spiro atoms. The highest BCUT2D eigenvalue weighted by Gasteiger charge is 2.31. The lowest BCUT2D eigenvalue weighted by Crippen LogP contribution is -2.26. The first kappa shape index (κ1) is 10.4. The number of aromatic nitrogens is 1. The van der Waals surface area contributed by atoms with Gasteiger partial charge in [0.05, 0.1) is 6.61 Å². The molecular weight excluding hydrogens is 214 g/mol. The summed E-state index contributed by atoms with van der Waals surface area (Å²) in [4.78, 5) is 36.1. The van der Waals surface area contributed by atoms with E-state index >= 15 is 0 Å². The second-order valence-corrected chi connectivity index (χ2v) is 3.26. The maximum absolute atomic E-state index is 11.5. The summed E-state index contributed by atoms with van der Waals surface area (Å²) in [7, 11) is 0. The van der Waals surface area contributed by atoms with Crippen molar-refractivity contribution in [3.63, 3.8) is 0 Å². The van der Waals surface area contributed by atoms with Gasteiger partial charge in [0, 0.05) is 12.6 Å². The molecule has 1 saturated heterocycles. The molecule has 2 heterocycles. The van der Waals surface area contributed by atoms with Gasteiger partial charge < -0.3 is 14.5 Å². The molecule has 1 aliphatic rings. The highest BCUT2D eigenvalue weighted by molar-refractivity contribution is 5.91. The standard InChI is InChI=1S/C10H9NO5/c12-8-6(2-1-4-11-8)9(13)16-7-3-5-15-10(7)14/h1-2,4,7H,3,5H2,(H,11,12). The van der Waals surface area contributed by atoms with E-state index in [0.29, 0.717) is 6.42 Å². The zero-order chi connectivity index (χ0) is 11.5. The molecule has 0 saturated carbocycles. The summed E-state index contributed by atoms with van der Waals surface area (Å²) in [6, 6.07) is 2.84. The molecule has 0 aliphatic carbocycles. The summed E-state index contributed by atoms with van der Waals surface area (Å²) in [5.74, 6) is -1.38. The molecule has 1 aromatic heterocycles. The zero-order valence-electron chi connectivity index (χ0n) is 8.26. The van der Waals surface area contributed by atoms with Crippen molar-refractivity contribution < 1.29 is 19.1 Å². The second-order valence-electron chi connectivity index (χ2n) is 3.26. The molecule has 84 valence electrons. The van der Waals surface area contributed by atoms with Crippen LogP contribution in [0.15, 0.2) is 23.1 Å². The largest absolute Gasteiger partial charge is 0.463 e. The number of rotatable bonds is 2. The molecule has 1 N–H and O–H groups in total. The van der Waals surface area contributed by atoms with Crippen LogP contribution >= 0.6 is 0 Å². The number of hydrogen-bond donors (Lipinski definition) is 1. The van der Waals surface area contributed by atoms with E-state index in [-0.39, 0.29) is 12.2 Å². The Morgan fingerprint density at radius 3 is 2.94 bits per heavy atom. The van der Waals surface area contributed by atoms with Crippen molar-refractivity contribution in [2.45, 2.75) is 12.5 Å². The number of esters is 2. The van der Waals surface area contributed by atoms with Crippen molar-refractivity contribution in [1.82, 2.24) is 4.98 Å². The van der Waals surface area contributed by atoms with Crippen LogP contribution in [0.5, 0.6) is 0 Å². The molecule has 6 nitrogen and oxygen atoms in total. The monoisotopic (exact) mass is 223 g/mol. The van der Waals surface area contributed by atoms with E-state index in [1.165, 1.54) is 18.3 Å². The van der Waals surface area contributed by atoms with Crippen LogP contribution < -0.4 is 5.56 Å². The molecule has 2 rings (SSSR count). The Balaban J connectivity index is 2.12. The lowest BCUT2D eigenvalue weighted by Gasteiger charge is -2.07. The van der Waals surface area contributed by atoms with Crippen LogP contribution in [-0.4, -0.2) is 29.6 Å². The number of carbonyl (C=O) groups is 2. The van der Waals surface area contributed by atoms with E-state index in [2.05, 4.69) is 9.72 Å². The van der Waals surface area contributed by atoms with Gasteiger partial charge in [-0.25, -0.2) is 9.59 Å². The Labute approximate surface area is 90.2 Å². The Morgan fingerprint density at radius 2 is 2.31 bits per heavy atom. The summed E-state index contributed by atoms with van der Waals surface area (Å²) in [6.45, 7) is 0.238. The minimum atomic E-state index is -0.896. The number of nitrogens with one attached hydrogen (secondary N) is 1. The van der Waals surface area contributed by atoms with E-state index in [0.717, 1.165) is 0 Å². The normalized spacial score (nSPS) is 19.2. The van der Waals surface area contributed by atoms with Crippen molar-refractivity contribution in [3.8, 4) is 0 Å². The summed E-state index contributed by atoms with van der Waals surface area (Å²) in [6.07, 6.45) is 0.838. The molecule has 6 heteroatoms. The minimum absolute atomic E-state index is 0.123. The van der Waals surface area contributed by atoms with Crippen LogP contribution in [0.4, 0.5) is 0 Å². The van der Waals surface area contributed by atoms with Crippen LogP contribution in [0.25, 0.3) is 0 Å². The van der Waals surface area contributed by atoms with Gasteiger partial charge in [0.15, 0.2) is 0 Å². The van der Waals surface area contributed by atoms with Crippen LogP contribution in [-0.2, 0) is 14.3 Å². The highest BCUT2D eigenvalue weighted by Crippen LogP contribution is 2.11. The van der Waals surface area contributed by atoms with Crippen molar-refractivity contribution in [1.29, 1.82) is 0 Å². The van der Waals surface area contributed by atoms with E-state index in [1.807, 2.05) is 0 Å². The summed E-state index contributed by atoms with van der Waals surface area (Å²) in [5.41, 5.74) is -0.666. The van der Waals surface area contributed by atoms with Crippen molar-refractivity contribution in [2.75, 3.05) is 6.61 Å². The molecular formula is C10H9NO5. The number of carbonyl (C=O) groups excluding carboxylic acids is 2. The average Bonchev–Trinajstić information content (AvgIpc) is 2.65. The summed E-state index contributed by atoms with van der Waals surface area (Å²) in [5, 5.41) is 0. The fourth-order valence-corrected chi connectivity index (χ4v) is 1.36. The third-order valence-corrected chi connectivity index (χ3v) is 2.17. The number of ether oxygens (including phenoxy) is 2. The van der Waals surface area contributed by atoms with E-state index in [1.54, 1.807) is 0 Å². The van der Waals surface area contributed by atoms with Gasteiger partial charge in [-0.05, 0) is 12.1 Å². The molecule has 1 aliphatic heterocycles. The number of H-pyrrole nitrogens is 1. The molecule has 1 fully saturated rings. The number of hydrogen-bond acceptors (Lipinski definition) is 5. The Hall–Kier alpha value is -2.11. The summed E-state index contributed by atoms with van der Waals surface area (Å²) < 4.78 is 9.49. The fourth-order valence-electron chi connectivity index (χ4n) is 1.36. The molecule has 16 heavy (non-hydrogen) atoms. The van der Waals surface area contributed by atoms with Crippen LogP contribution in [0.3, 0.4) is 0 Å². The highest BCUT2D eigenvalue weighted by atomic mass is 16.6. The number of pyridine rings is 1. The first-order chi connectivity index (χ1) is 7.68. The minimum Gasteiger partial charge on any atom is -0.463 e. The van der Waals surface area contributed by atoms with Crippen LogP contribution in [0, 0.1) is 0 Å². The maximum atomic E-state index is 11.5. The van der Waals surface area contributed by atoms with Crippen molar-refractivity contribution >= 4 is 11.9 Å². The molecule has 0 amide bonds. The second kappa shape index (κ2) is 4.18. The smallest absolute Gasteiger partial charge is 0.347 e. The fraction of sp³-hybridized carbons (Fsp3) is 0.300. The predicted molar refractivity (Wildman–Crippen MR) is 51.8 cm³/mol. The summed E-state index contributed by atoms with van der Waals surface area (Å²) >= 11 is 0. The van der Waals surface area contributed by atoms with Gasteiger partial charge in [-0.3, -0.25) is 4.79 Å². The van der Waals surface area contributed by atoms with Gasteiger partial charge in [0.25, 0.3) is 5.56 Å². The zero-order valence-corrected chi connectivity index (χ0v) is 8.26. The Kier molecular flexibility index (Phi) is 2.72. The third kappa shape index (κ3) is 1.95. The predicted octanol–water partition coefficient (Wildman–Crippen LogP) is -0.153. The SMILES string of the molecule is O=C(OC1CCOC1=O)c1ccc[nH]c1=O. The lowest BCUT2D eigenvalue weighted by atomic mass is 10.2. The lowest BCUT2D eigenvalue weighted by molar-refractivity contribution is -0.145. The average molecular weight is 223 g/mol. The van der Waals surface area contributed by atoms with Crippen molar-refractivity contribution in [2.24, 2.45) is 0 Å². The first-order valence-electron chi connectivity index (χ1n) is 4.74. The van der Waals surface area contributed by atoms with Crippen LogP contribution in [0.2, 0.25) is 0 Å². The van der Waals surface area contributed by atoms with Gasteiger partial charge in [-0.1, -0.05) is 0 Å². The first-order valence-corrected chi connectivity index (χ1v) is 4.74. The molecule has 0 radical (unpaired) electrons. The topological polar surface area (TPSA) is 85.5 Å². The van der Waals surface area contributed by atoms with Gasteiger partial charge in [-0.15, -0.1) is 0 Å². The van der Waals surface area contributed by atoms with E-state index in [9.17, 15) is 14.4 Å². The quantitative estimate of drug-likeness (QED) is 0.704. The van der Waals surface area contributed by atoms with Gasteiger partial charge in [0.1, 0.15) is 5.56 Å². The Morgan fingerprint density at radius 1 is 1.50 bits per heavy atom. The van der Waals surface area contributed by atoms with Gasteiger partial charge in [0.2, 0.25) is 6.10 Å². The van der Waals surface area contributed by atoms with Crippen LogP contribution in [0.1, 0.15) is 16.8 Å². The Bertz CT molecular complexity index is 478. The molecule has 1 aromatic rings.